The van der Waals surface area contributed by atoms with Crippen molar-refractivity contribution in [1.82, 2.24) is 4.98 Å². The summed E-state index contributed by atoms with van der Waals surface area (Å²) in [4.78, 5) is 18.1. The lowest BCUT2D eigenvalue weighted by atomic mass is 10.0. The van der Waals surface area contributed by atoms with Gasteiger partial charge in [-0.1, -0.05) is 48.5 Å². The van der Waals surface area contributed by atoms with Gasteiger partial charge >= 0.3 is 0 Å². The Bertz CT molecular complexity index is 1160. The number of benzene rings is 3. The number of thiazole rings is 1. The summed E-state index contributed by atoms with van der Waals surface area (Å²) in [5.74, 6) is 1.18. The molecule has 0 aliphatic carbocycles. The monoisotopic (exact) mass is 401 g/mol. The predicted molar refractivity (Wildman–Crippen MR) is 118 cm³/mol. The molecule has 0 radical (unpaired) electrons. The van der Waals surface area contributed by atoms with Crippen LogP contribution in [0.2, 0.25) is 0 Å². The standard InChI is InChI=1S/C24H19NO3S/c1-27-20-13-12-16(15-21(20)28-2)14-18(23(26)17-8-4-3-5-9-17)24-25-19-10-6-7-11-22(19)29-24/h3-15H,1-2H3. The van der Waals surface area contributed by atoms with Gasteiger partial charge in [-0.05, 0) is 35.9 Å². The Morgan fingerprint density at radius 1 is 0.897 bits per heavy atom. The molecule has 3 aromatic carbocycles. The molecule has 0 spiro atoms. The quantitative estimate of drug-likeness (QED) is 0.305. The van der Waals surface area contributed by atoms with Crippen molar-refractivity contribution in [3.05, 3.63) is 88.9 Å². The van der Waals surface area contributed by atoms with Crippen LogP contribution in [0.15, 0.2) is 72.8 Å². The van der Waals surface area contributed by atoms with Gasteiger partial charge in [0.25, 0.3) is 0 Å². The zero-order valence-corrected chi connectivity index (χ0v) is 16.9. The Labute approximate surface area is 173 Å². The second-order valence-corrected chi connectivity index (χ2v) is 7.38. The Hall–Kier alpha value is -3.44. The molecule has 0 unspecified atom stereocenters. The number of rotatable bonds is 6. The van der Waals surface area contributed by atoms with Crippen molar-refractivity contribution < 1.29 is 14.3 Å². The fourth-order valence-electron chi connectivity index (χ4n) is 3.07. The summed E-state index contributed by atoms with van der Waals surface area (Å²) in [6, 6.07) is 22.7. The van der Waals surface area contributed by atoms with Crippen molar-refractivity contribution in [2.75, 3.05) is 14.2 Å². The second-order valence-electron chi connectivity index (χ2n) is 6.35. The normalized spacial score (nSPS) is 11.4. The van der Waals surface area contributed by atoms with E-state index in [9.17, 15) is 4.79 Å². The van der Waals surface area contributed by atoms with Gasteiger partial charge in [-0.15, -0.1) is 11.3 Å². The van der Waals surface area contributed by atoms with Gasteiger partial charge in [0.2, 0.25) is 0 Å². The molecule has 5 heteroatoms. The van der Waals surface area contributed by atoms with Gasteiger partial charge in [0.05, 0.1) is 30.0 Å². The van der Waals surface area contributed by atoms with Crippen molar-refractivity contribution in [1.29, 1.82) is 0 Å². The Balaban J connectivity index is 1.86. The third-order valence-electron chi connectivity index (χ3n) is 4.52. The third kappa shape index (κ3) is 3.91. The highest BCUT2D eigenvalue weighted by Crippen LogP contribution is 2.33. The maximum atomic E-state index is 13.3. The first-order valence-corrected chi connectivity index (χ1v) is 9.90. The topological polar surface area (TPSA) is 48.4 Å². The average molecular weight is 401 g/mol. The summed E-state index contributed by atoms with van der Waals surface area (Å²) in [5, 5.41) is 0.690. The first kappa shape index (κ1) is 18.9. The smallest absolute Gasteiger partial charge is 0.196 e. The molecule has 144 valence electrons. The highest BCUT2D eigenvalue weighted by Gasteiger charge is 2.19. The summed E-state index contributed by atoms with van der Waals surface area (Å²) in [7, 11) is 3.19. The van der Waals surface area contributed by atoms with Crippen LogP contribution in [0.1, 0.15) is 20.9 Å². The number of hydrogen-bond acceptors (Lipinski definition) is 5. The fraction of sp³-hybridized carbons (Fsp3) is 0.0833. The van der Waals surface area contributed by atoms with E-state index in [4.69, 9.17) is 14.5 Å². The number of carbonyl (C=O) groups excluding carboxylic acids is 1. The van der Waals surface area contributed by atoms with E-state index in [1.807, 2.05) is 78.9 Å². The molecule has 0 amide bonds. The lowest BCUT2D eigenvalue weighted by Gasteiger charge is -2.09. The Morgan fingerprint density at radius 2 is 1.62 bits per heavy atom. The van der Waals surface area contributed by atoms with E-state index >= 15 is 0 Å². The molecule has 0 fully saturated rings. The molecule has 4 nitrogen and oxygen atoms in total. The van der Waals surface area contributed by atoms with Crippen molar-refractivity contribution in [2.45, 2.75) is 0 Å². The van der Waals surface area contributed by atoms with Gasteiger partial charge in [0.1, 0.15) is 5.01 Å². The largest absolute Gasteiger partial charge is 0.493 e. The number of aromatic nitrogens is 1. The minimum atomic E-state index is -0.0700. The van der Waals surface area contributed by atoms with Crippen molar-refractivity contribution in [3.8, 4) is 11.5 Å². The molecule has 0 saturated heterocycles. The molecule has 0 saturated carbocycles. The zero-order valence-electron chi connectivity index (χ0n) is 16.1. The van der Waals surface area contributed by atoms with E-state index < -0.39 is 0 Å². The molecule has 4 aromatic rings. The first-order valence-electron chi connectivity index (χ1n) is 9.09. The molecule has 0 bridgehead atoms. The van der Waals surface area contributed by atoms with E-state index in [0.29, 0.717) is 27.6 Å². The van der Waals surface area contributed by atoms with Crippen LogP contribution in [0.5, 0.6) is 11.5 Å². The third-order valence-corrected chi connectivity index (χ3v) is 5.59. The number of nitrogens with zero attached hydrogens (tertiary/aromatic N) is 1. The number of allylic oxidation sites excluding steroid dienone is 1. The van der Waals surface area contributed by atoms with Gasteiger partial charge in [0.15, 0.2) is 17.3 Å². The van der Waals surface area contributed by atoms with Crippen molar-refractivity contribution >= 4 is 39.0 Å². The lowest BCUT2D eigenvalue weighted by molar-refractivity contribution is 0.105. The summed E-state index contributed by atoms with van der Waals surface area (Å²) in [5.41, 5.74) is 2.89. The Morgan fingerprint density at radius 3 is 2.34 bits per heavy atom. The summed E-state index contributed by atoms with van der Waals surface area (Å²) >= 11 is 1.51. The maximum absolute atomic E-state index is 13.3. The molecule has 1 aromatic heterocycles. The van der Waals surface area contributed by atoms with Crippen LogP contribution < -0.4 is 9.47 Å². The van der Waals surface area contributed by atoms with Crippen LogP contribution in [0.3, 0.4) is 0 Å². The van der Waals surface area contributed by atoms with Crippen molar-refractivity contribution in [2.24, 2.45) is 0 Å². The predicted octanol–water partition coefficient (Wildman–Crippen LogP) is 5.74. The zero-order chi connectivity index (χ0) is 20.2. The SMILES string of the molecule is COc1ccc(C=C(C(=O)c2ccccc2)c2nc3ccccc3s2)cc1OC. The molecular formula is C24H19NO3S. The summed E-state index contributed by atoms with van der Waals surface area (Å²) < 4.78 is 11.8. The number of Topliss-reactive ketones (excluding diaryl/α,β-unsaturated/α-hetero) is 1. The van der Waals surface area contributed by atoms with E-state index in [2.05, 4.69) is 0 Å². The number of hydrogen-bond donors (Lipinski definition) is 0. The molecule has 29 heavy (non-hydrogen) atoms. The number of ketones is 1. The fourth-order valence-corrected chi connectivity index (χ4v) is 4.04. The minimum Gasteiger partial charge on any atom is -0.493 e. The van der Waals surface area contributed by atoms with Crippen LogP contribution in [-0.2, 0) is 0 Å². The highest BCUT2D eigenvalue weighted by atomic mass is 32.1. The van der Waals surface area contributed by atoms with Gasteiger partial charge in [-0.3, -0.25) is 4.79 Å². The molecule has 0 aliphatic heterocycles. The minimum absolute atomic E-state index is 0.0700. The van der Waals surface area contributed by atoms with Gasteiger partial charge < -0.3 is 9.47 Å². The van der Waals surface area contributed by atoms with Crippen LogP contribution in [0, 0.1) is 0 Å². The van der Waals surface area contributed by atoms with Crippen LogP contribution in [-0.4, -0.2) is 25.0 Å². The number of para-hydroxylation sites is 1. The van der Waals surface area contributed by atoms with Crippen molar-refractivity contribution in [3.63, 3.8) is 0 Å². The summed E-state index contributed by atoms with van der Waals surface area (Å²) in [6.45, 7) is 0. The van der Waals surface area contributed by atoms with E-state index in [1.165, 1.54) is 11.3 Å². The molecule has 0 N–H and O–H groups in total. The van der Waals surface area contributed by atoms with E-state index in [0.717, 1.165) is 15.8 Å². The highest BCUT2D eigenvalue weighted by molar-refractivity contribution is 7.20. The molecular weight excluding hydrogens is 382 g/mol. The molecule has 4 rings (SSSR count). The summed E-state index contributed by atoms with van der Waals surface area (Å²) in [6.07, 6.45) is 1.86. The first-order chi connectivity index (χ1) is 14.2. The van der Waals surface area contributed by atoms with Gasteiger partial charge in [0, 0.05) is 5.56 Å². The molecule has 0 atom stereocenters. The van der Waals surface area contributed by atoms with E-state index in [-0.39, 0.29) is 5.78 Å². The van der Waals surface area contributed by atoms with E-state index in [1.54, 1.807) is 14.2 Å². The number of fused-ring (bicyclic) bond motifs is 1. The number of carbonyl (C=O) groups is 1. The second kappa shape index (κ2) is 8.29. The number of ether oxygens (including phenoxy) is 2. The van der Waals surface area contributed by atoms with Crippen LogP contribution in [0.25, 0.3) is 21.9 Å². The van der Waals surface area contributed by atoms with Gasteiger partial charge in [-0.25, -0.2) is 4.98 Å². The van der Waals surface area contributed by atoms with Gasteiger partial charge in [-0.2, -0.15) is 0 Å². The lowest BCUT2D eigenvalue weighted by Crippen LogP contribution is -2.02. The molecule has 0 aliphatic rings. The average Bonchev–Trinajstić information content (AvgIpc) is 3.21. The Kier molecular flexibility index (Phi) is 5.40. The van der Waals surface area contributed by atoms with Crippen LogP contribution >= 0.6 is 11.3 Å². The van der Waals surface area contributed by atoms with Crippen LogP contribution in [0.4, 0.5) is 0 Å². The molecule has 1 heterocycles. The maximum Gasteiger partial charge on any atom is 0.196 e. The number of methoxy groups -OCH3 is 2.